The molecule has 1 aliphatic heterocycles. The summed E-state index contributed by atoms with van der Waals surface area (Å²) in [6.45, 7) is 0.460. The minimum absolute atomic E-state index is 0.0263. The second-order valence-corrected chi connectivity index (χ2v) is 4.39. The third-order valence-electron chi connectivity index (χ3n) is 2.13. The van der Waals surface area contributed by atoms with Crippen molar-refractivity contribution in [1.82, 2.24) is 14.9 Å². The molecule has 0 aromatic carbocycles. The van der Waals surface area contributed by atoms with Crippen molar-refractivity contribution in [2.24, 2.45) is 0 Å². The van der Waals surface area contributed by atoms with E-state index in [0.29, 0.717) is 0 Å². The number of hydrogen-bond donors (Lipinski definition) is 2. The minimum Gasteiger partial charge on any atom is -0.447 e. The van der Waals surface area contributed by atoms with Crippen LogP contribution in [0, 0.1) is 0 Å². The highest BCUT2D eigenvalue weighted by Gasteiger charge is 2.28. The highest BCUT2D eigenvalue weighted by molar-refractivity contribution is 7.99. The van der Waals surface area contributed by atoms with Gasteiger partial charge in [-0.3, -0.25) is 9.59 Å². The molecule has 2 rings (SSSR count). The number of nitrogens with zero attached hydrogens (tertiary/aromatic N) is 2. The molecule has 2 amide bonds. The number of nitrogens with two attached hydrogens (primary N) is 1. The number of aromatic amines is 1. The van der Waals surface area contributed by atoms with Gasteiger partial charge in [-0.2, -0.15) is 0 Å². The monoisotopic (exact) mass is 270 g/mol. The van der Waals surface area contributed by atoms with Crippen LogP contribution in [0.5, 0.6) is 0 Å². The molecule has 96 valence electrons. The molecule has 2 heterocycles. The third kappa shape index (κ3) is 2.80. The van der Waals surface area contributed by atoms with Crippen molar-refractivity contribution >= 4 is 29.6 Å². The number of imide groups is 1. The van der Waals surface area contributed by atoms with Crippen molar-refractivity contribution < 1.29 is 14.3 Å². The van der Waals surface area contributed by atoms with E-state index in [0.717, 1.165) is 22.7 Å². The molecule has 0 unspecified atom stereocenters. The predicted octanol–water partition coefficient (Wildman–Crippen LogP) is -0.577. The van der Waals surface area contributed by atoms with Crippen molar-refractivity contribution in [1.29, 1.82) is 0 Å². The predicted molar refractivity (Wildman–Crippen MR) is 63.1 cm³/mol. The first-order valence-corrected chi connectivity index (χ1v) is 6.01. The molecule has 1 fully saturated rings. The molecule has 18 heavy (non-hydrogen) atoms. The Morgan fingerprint density at radius 3 is 3.00 bits per heavy atom. The summed E-state index contributed by atoms with van der Waals surface area (Å²) >= 11 is 1.00. The zero-order valence-corrected chi connectivity index (χ0v) is 10.0. The molecule has 1 aromatic rings. The standard InChI is InChI=1S/C9H10N4O4S/c10-5-3-6(14)12-8(11-5)18-4-7(15)13-1-2-17-9(13)16/h3H,1-2,4H2,(H3,10,11,12,14). The molecule has 1 saturated heterocycles. The maximum absolute atomic E-state index is 11.7. The maximum Gasteiger partial charge on any atom is 0.416 e. The Kier molecular flexibility index (Phi) is 3.51. The summed E-state index contributed by atoms with van der Waals surface area (Å²) in [5, 5.41) is 0.237. The molecule has 0 radical (unpaired) electrons. The Balaban J connectivity index is 1.97. The number of aromatic nitrogens is 2. The van der Waals surface area contributed by atoms with Crippen LogP contribution in [0.1, 0.15) is 0 Å². The van der Waals surface area contributed by atoms with Gasteiger partial charge in [-0.05, 0) is 0 Å². The van der Waals surface area contributed by atoms with E-state index in [4.69, 9.17) is 5.73 Å². The van der Waals surface area contributed by atoms with E-state index >= 15 is 0 Å². The van der Waals surface area contributed by atoms with Crippen LogP contribution in [0.4, 0.5) is 10.6 Å². The molecule has 0 saturated carbocycles. The van der Waals surface area contributed by atoms with Crippen molar-refractivity contribution in [3.8, 4) is 0 Å². The zero-order chi connectivity index (χ0) is 13.1. The number of nitrogen functional groups attached to an aromatic ring is 1. The Hall–Kier alpha value is -2.03. The van der Waals surface area contributed by atoms with Crippen molar-refractivity contribution in [3.63, 3.8) is 0 Å². The number of anilines is 1. The van der Waals surface area contributed by atoms with Crippen molar-refractivity contribution in [2.75, 3.05) is 24.6 Å². The van der Waals surface area contributed by atoms with Gasteiger partial charge in [-0.1, -0.05) is 11.8 Å². The van der Waals surface area contributed by atoms with Crippen LogP contribution >= 0.6 is 11.8 Å². The summed E-state index contributed by atoms with van der Waals surface area (Å²) in [4.78, 5) is 41.2. The lowest BCUT2D eigenvalue weighted by molar-refractivity contribution is -0.125. The van der Waals surface area contributed by atoms with E-state index in [-0.39, 0.29) is 29.9 Å². The highest BCUT2D eigenvalue weighted by atomic mass is 32.2. The average Bonchev–Trinajstić information content (AvgIpc) is 2.71. The van der Waals surface area contributed by atoms with E-state index in [1.807, 2.05) is 0 Å². The molecule has 1 aromatic heterocycles. The largest absolute Gasteiger partial charge is 0.447 e. The first-order valence-electron chi connectivity index (χ1n) is 5.03. The fraction of sp³-hybridized carbons (Fsp3) is 0.333. The summed E-state index contributed by atoms with van der Waals surface area (Å²) in [6.07, 6.45) is -0.644. The van der Waals surface area contributed by atoms with Gasteiger partial charge in [0.05, 0.1) is 12.3 Å². The van der Waals surface area contributed by atoms with E-state index in [2.05, 4.69) is 14.7 Å². The van der Waals surface area contributed by atoms with Gasteiger partial charge < -0.3 is 15.5 Å². The number of amides is 2. The second kappa shape index (κ2) is 5.08. The van der Waals surface area contributed by atoms with E-state index in [9.17, 15) is 14.4 Å². The Bertz CT molecular complexity index is 544. The smallest absolute Gasteiger partial charge is 0.416 e. The topological polar surface area (TPSA) is 118 Å². The second-order valence-electron chi connectivity index (χ2n) is 3.42. The first kappa shape index (κ1) is 12.4. The molecule has 0 atom stereocenters. The van der Waals surface area contributed by atoms with Crippen molar-refractivity contribution in [3.05, 3.63) is 16.4 Å². The quantitative estimate of drug-likeness (QED) is 0.557. The molecule has 1 aliphatic rings. The molecule has 0 spiro atoms. The van der Waals surface area contributed by atoms with Crippen LogP contribution < -0.4 is 11.3 Å². The number of ether oxygens (including phenoxy) is 1. The van der Waals surface area contributed by atoms with Crippen LogP contribution in [-0.4, -0.2) is 45.8 Å². The number of H-pyrrole nitrogens is 1. The summed E-state index contributed by atoms with van der Waals surface area (Å²) in [7, 11) is 0. The Morgan fingerprint density at radius 1 is 1.61 bits per heavy atom. The van der Waals surface area contributed by atoms with Crippen LogP contribution in [0.25, 0.3) is 0 Å². The summed E-state index contributed by atoms with van der Waals surface area (Å²) in [5.74, 6) is -0.344. The van der Waals surface area contributed by atoms with E-state index in [1.54, 1.807) is 0 Å². The Morgan fingerprint density at radius 2 is 2.39 bits per heavy atom. The molecule has 3 N–H and O–H groups in total. The lowest BCUT2D eigenvalue weighted by Crippen LogP contribution is -2.33. The van der Waals surface area contributed by atoms with Gasteiger partial charge >= 0.3 is 6.09 Å². The van der Waals surface area contributed by atoms with Crippen LogP contribution in [0.3, 0.4) is 0 Å². The molecular weight excluding hydrogens is 260 g/mol. The van der Waals surface area contributed by atoms with Gasteiger partial charge in [0.2, 0.25) is 5.91 Å². The number of nitrogens with one attached hydrogen (secondary N) is 1. The summed E-state index contributed by atoms with van der Waals surface area (Å²) in [5.41, 5.74) is 5.01. The van der Waals surface area contributed by atoms with Crippen LogP contribution in [-0.2, 0) is 9.53 Å². The fourth-order valence-electron chi connectivity index (χ4n) is 1.35. The summed E-state index contributed by atoms with van der Waals surface area (Å²) < 4.78 is 4.64. The van der Waals surface area contributed by atoms with Gasteiger partial charge in [0.15, 0.2) is 5.16 Å². The van der Waals surface area contributed by atoms with Gasteiger partial charge in [0, 0.05) is 6.07 Å². The molecular formula is C9H10N4O4S. The maximum atomic E-state index is 11.7. The van der Waals surface area contributed by atoms with Gasteiger partial charge in [0.1, 0.15) is 12.4 Å². The molecule has 8 nitrogen and oxygen atoms in total. The minimum atomic E-state index is -0.644. The molecule has 0 aliphatic carbocycles. The number of carbonyl (C=O) groups is 2. The van der Waals surface area contributed by atoms with Gasteiger partial charge in [-0.15, -0.1) is 0 Å². The van der Waals surface area contributed by atoms with Crippen LogP contribution in [0.2, 0.25) is 0 Å². The number of thioether (sulfide) groups is 1. The van der Waals surface area contributed by atoms with Gasteiger partial charge in [0.25, 0.3) is 5.56 Å². The van der Waals surface area contributed by atoms with Crippen LogP contribution in [0.15, 0.2) is 16.0 Å². The molecule has 9 heteroatoms. The number of hydrogen-bond acceptors (Lipinski definition) is 7. The number of cyclic esters (lactones) is 1. The third-order valence-corrected chi connectivity index (χ3v) is 2.99. The normalized spacial score (nSPS) is 14.7. The Labute approximate surface area is 106 Å². The van der Waals surface area contributed by atoms with E-state index < -0.39 is 17.6 Å². The highest BCUT2D eigenvalue weighted by Crippen LogP contribution is 2.14. The fourth-order valence-corrected chi connectivity index (χ4v) is 2.11. The zero-order valence-electron chi connectivity index (χ0n) is 9.21. The molecule has 0 bridgehead atoms. The first-order chi connectivity index (χ1) is 8.56. The van der Waals surface area contributed by atoms with E-state index in [1.165, 1.54) is 0 Å². The summed E-state index contributed by atoms with van der Waals surface area (Å²) in [6, 6.07) is 1.14. The van der Waals surface area contributed by atoms with Crippen molar-refractivity contribution in [2.45, 2.75) is 5.16 Å². The number of rotatable bonds is 3. The lowest BCUT2D eigenvalue weighted by atomic mass is 10.5. The van der Waals surface area contributed by atoms with Gasteiger partial charge in [-0.25, -0.2) is 14.7 Å². The SMILES string of the molecule is Nc1cc(=O)[nH]c(SCC(=O)N2CCOC2=O)n1. The lowest BCUT2D eigenvalue weighted by Gasteiger charge is -2.09. The number of carbonyl (C=O) groups excluding carboxylic acids is 2. The average molecular weight is 270 g/mol.